The summed E-state index contributed by atoms with van der Waals surface area (Å²) in [5, 5.41) is 4.55. The molecule has 0 bridgehead atoms. The largest absolute Gasteiger partial charge is 0.456 e. The van der Waals surface area contributed by atoms with E-state index in [2.05, 4.69) is 83.8 Å². The van der Waals surface area contributed by atoms with Gasteiger partial charge in [0.2, 0.25) is 0 Å². The average Bonchev–Trinajstić information content (AvgIpc) is 3.53. The Hall–Kier alpha value is -6.46. The zero-order chi connectivity index (χ0) is 31.2. The quantitative estimate of drug-likeness (QED) is 0.196. The molecule has 9 rings (SSSR count). The molecular formula is C42H26N4O. The SMILES string of the molecule is c1ccc(-c2nc(-c3cc(-c4ccncc4)cc(-c4ccc5ccccc5c4)c3)nc(-c3ccc4c(c3)oc3ccccc34)n2)cc1. The van der Waals surface area contributed by atoms with Crippen LogP contribution in [0.3, 0.4) is 0 Å². The van der Waals surface area contributed by atoms with Gasteiger partial charge in [0.05, 0.1) is 0 Å². The van der Waals surface area contributed by atoms with E-state index in [4.69, 9.17) is 19.4 Å². The fourth-order valence-electron chi connectivity index (χ4n) is 6.22. The molecule has 0 unspecified atom stereocenters. The molecule has 0 aliphatic rings. The highest BCUT2D eigenvalue weighted by Crippen LogP contribution is 2.35. The van der Waals surface area contributed by atoms with Crippen LogP contribution in [-0.4, -0.2) is 19.9 Å². The molecule has 9 aromatic rings. The van der Waals surface area contributed by atoms with Gasteiger partial charge in [-0.3, -0.25) is 4.98 Å². The predicted octanol–water partition coefficient (Wildman–Crippen LogP) is 10.7. The van der Waals surface area contributed by atoms with Gasteiger partial charge in [-0.25, -0.2) is 15.0 Å². The van der Waals surface area contributed by atoms with Crippen LogP contribution in [0.2, 0.25) is 0 Å². The molecule has 0 atom stereocenters. The third-order valence-electron chi connectivity index (χ3n) is 8.59. The number of para-hydroxylation sites is 1. The molecule has 5 heteroatoms. The Labute approximate surface area is 270 Å². The molecule has 0 radical (unpaired) electrons. The van der Waals surface area contributed by atoms with Gasteiger partial charge in [-0.15, -0.1) is 0 Å². The number of pyridine rings is 1. The topological polar surface area (TPSA) is 64.7 Å². The zero-order valence-corrected chi connectivity index (χ0v) is 25.2. The number of hydrogen-bond donors (Lipinski definition) is 0. The maximum Gasteiger partial charge on any atom is 0.164 e. The number of nitrogens with zero attached hydrogens (tertiary/aromatic N) is 4. The van der Waals surface area contributed by atoms with Crippen LogP contribution in [0.15, 0.2) is 162 Å². The Morgan fingerprint density at radius 1 is 0.340 bits per heavy atom. The lowest BCUT2D eigenvalue weighted by Crippen LogP contribution is -2.00. The van der Waals surface area contributed by atoms with Crippen molar-refractivity contribution >= 4 is 32.7 Å². The van der Waals surface area contributed by atoms with Crippen LogP contribution < -0.4 is 0 Å². The smallest absolute Gasteiger partial charge is 0.164 e. The van der Waals surface area contributed by atoms with Crippen molar-refractivity contribution in [3.63, 3.8) is 0 Å². The average molecular weight is 603 g/mol. The second-order valence-corrected chi connectivity index (χ2v) is 11.6. The molecule has 3 aromatic heterocycles. The molecule has 47 heavy (non-hydrogen) atoms. The molecule has 220 valence electrons. The molecule has 0 N–H and O–H groups in total. The van der Waals surface area contributed by atoms with Crippen molar-refractivity contribution in [1.29, 1.82) is 0 Å². The summed E-state index contributed by atoms with van der Waals surface area (Å²) in [4.78, 5) is 19.4. The summed E-state index contributed by atoms with van der Waals surface area (Å²) in [5.41, 5.74) is 8.64. The van der Waals surface area contributed by atoms with E-state index >= 15 is 0 Å². The molecule has 0 amide bonds. The van der Waals surface area contributed by atoms with E-state index in [1.807, 2.05) is 79.1 Å². The van der Waals surface area contributed by atoms with Crippen LogP contribution in [0.4, 0.5) is 0 Å². The van der Waals surface area contributed by atoms with E-state index < -0.39 is 0 Å². The summed E-state index contributed by atoms with van der Waals surface area (Å²) >= 11 is 0. The van der Waals surface area contributed by atoms with E-state index in [0.29, 0.717) is 17.5 Å². The van der Waals surface area contributed by atoms with Crippen LogP contribution in [0.25, 0.3) is 89.1 Å². The molecule has 3 heterocycles. The predicted molar refractivity (Wildman–Crippen MR) is 190 cm³/mol. The van der Waals surface area contributed by atoms with Crippen molar-refractivity contribution in [3.05, 3.63) is 158 Å². The molecule has 0 saturated carbocycles. The minimum absolute atomic E-state index is 0.581. The third kappa shape index (κ3) is 5.00. The Bertz CT molecular complexity index is 2580. The molecule has 0 spiro atoms. The van der Waals surface area contributed by atoms with Gasteiger partial charge in [0, 0.05) is 39.9 Å². The van der Waals surface area contributed by atoms with Crippen molar-refractivity contribution in [2.75, 3.05) is 0 Å². The van der Waals surface area contributed by atoms with Gasteiger partial charge in [-0.2, -0.15) is 0 Å². The molecule has 0 saturated heterocycles. The van der Waals surface area contributed by atoms with Crippen LogP contribution in [-0.2, 0) is 0 Å². The van der Waals surface area contributed by atoms with Gasteiger partial charge in [0.15, 0.2) is 17.5 Å². The van der Waals surface area contributed by atoms with Crippen molar-refractivity contribution < 1.29 is 4.42 Å². The van der Waals surface area contributed by atoms with Gasteiger partial charge in [0.25, 0.3) is 0 Å². The number of aromatic nitrogens is 4. The summed E-state index contributed by atoms with van der Waals surface area (Å²) in [7, 11) is 0. The number of hydrogen-bond acceptors (Lipinski definition) is 5. The molecule has 0 aliphatic heterocycles. The van der Waals surface area contributed by atoms with Crippen LogP contribution in [0.1, 0.15) is 0 Å². The second kappa shape index (κ2) is 11.2. The van der Waals surface area contributed by atoms with Gasteiger partial charge < -0.3 is 4.42 Å². The first-order chi connectivity index (χ1) is 23.2. The number of benzene rings is 6. The van der Waals surface area contributed by atoms with Crippen molar-refractivity contribution in [2.24, 2.45) is 0 Å². The minimum Gasteiger partial charge on any atom is -0.456 e. The van der Waals surface area contributed by atoms with Gasteiger partial charge >= 0.3 is 0 Å². The van der Waals surface area contributed by atoms with Crippen molar-refractivity contribution in [3.8, 4) is 56.4 Å². The lowest BCUT2D eigenvalue weighted by Gasteiger charge is -2.13. The van der Waals surface area contributed by atoms with Crippen LogP contribution in [0.5, 0.6) is 0 Å². The number of rotatable bonds is 5. The monoisotopic (exact) mass is 602 g/mol. The molecule has 6 aromatic carbocycles. The van der Waals surface area contributed by atoms with Gasteiger partial charge in [0.1, 0.15) is 11.2 Å². The first kappa shape index (κ1) is 26.9. The summed E-state index contributed by atoms with van der Waals surface area (Å²) in [6.45, 7) is 0. The minimum atomic E-state index is 0.581. The van der Waals surface area contributed by atoms with E-state index in [0.717, 1.165) is 60.9 Å². The van der Waals surface area contributed by atoms with Crippen LogP contribution >= 0.6 is 0 Å². The van der Waals surface area contributed by atoms with Crippen molar-refractivity contribution in [2.45, 2.75) is 0 Å². The first-order valence-electron chi connectivity index (χ1n) is 15.5. The zero-order valence-electron chi connectivity index (χ0n) is 25.2. The lowest BCUT2D eigenvalue weighted by atomic mass is 9.95. The molecule has 0 aliphatic carbocycles. The Kier molecular flexibility index (Phi) is 6.39. The Balaban J connectivity index is 1.25. The highest BCUT2D eigenvalue weighted by molar-refractivity contribution is 6.05. The normalized spacial score (nSPS) is 11.4. The maximum absolute atomic E-state index is 6.23. The fraction of sp³-hybridized carbons (Fsp3) is 0. The Morgan fingerprint density at radius 2 is 0.957 bits per heavy atom. The summed E-state index contributed by atoms with van der Waals surface area (Å²) in [5.74, 6) is 1.78. The molecular weight excluding hydrogens is 576 g/mol. The highest BCUT2D eigenvalue weighted by Gasteiger charge is 2.16. The summed E-state index contributed by atoms with van der Waals surface area (Å²) in [6.07, 6.45) is 3.64. The standard InChI is InChI=1S/C42H26N4O/c1-2-9-29(10-3-1)40-44-41(32-16-17-37-36-12-6-7-13-38(36)47-39(37)26-32)46-42(45-40)35-24-33(28-18-20-43-21-19-28)23-34(25-35)31-15-14-27-8-4-5-11-30(27)22-31/h1-26H. The van der Waals surface area contributed by atoms with Crippen LogP contribution in [0, 0.1) is 0 Å². The van der Waals surface area contributed by atoms with E-state index in [9.17, 15) is 0 Å². The first-order valence-corrected chi connectivity index (χ1v) is 15.5. The fourth-order valence-corrected chi connectivity index (χ4v) is 6.22. The van der Waals surface area contributed by atoms with Crippen molar-refractivity contribution in [1.82, 2.24) is 19.9 Å². The third-order valence-corrected chi connectivity index (χ3v) is 8.59. The van der Waals surface area contributed by atoms with Gasteiger partial charge in [-0.1, -0.05) is 91.0 Å². The molecule has 0 fully saturated rings. The lowest BCUT2D eigenvalue weighted by molar-refractivity contribution is 0.669. The highest BCUT2D eigenvalue weighted by atomic mass is 16.3. The summed E-state index contributed by atoms with van der Waals surface area (Å²) < 4.78 is 6.23. The number of furan rings is 1. The van der Waals surface area contributed by atoms with E-state index in [1.54, 1.807) is 0 Å². The number of fused-ring (bicyclic) bond motifs is 4. The molecule has 5 nitrogen and oxygen atoms in total. The van der Waals surface area contributed by atoms with E-state index in [1.165, 1.54) is 10.8 Å². The maximum atomic E-state index is 6.23. The van der Waals surface area contributed by atoms with E-state index in [-0.39, 0.29) is 0 Å². The summed E-state index contributed by atoms with van der Waals surface area (Å²) in [6, 6.07) is 49.9. The van der Waals surface area contributed by atoms with Gasteiger partial charge in [-0.05, 0) is 87.6 Å². The second-order valence-electron chi connectivity index (χ2n) is 11.6. The Morgan fingerprint density at radius 3 is 1.79 bits per heavy atom.